The van der Waals surface area contributed by atoms with Gasteiger partial charge in [0.05, 0.1) is 0 Å². The molecule has 0 aliphatic rings. The molecule has 1 heterocycles. The second-order valence-electron chi connectivity index (χ2n) is 2.48. The number of aromatic nitrogens is 1. The number of pyridine rings is 1. The Labute approximate surface area is 55.7 Å². The van der Waals surface area contributed by atoms with E-state index in [9.17, 15) is 0 Å². The summed E-state index contributed by atoms with van der Waals surface area (Å²) in [5.41, 5.74) is 3.89. The Kier molecular flexibility index (Phi) is 1.52. The first-order valence-corrected chi connectivity index (χ1v) is 3.15. The van der Waals surface area contributed by atoms with E-state index in [1.165, 1.54) is 16.8 Å². The van der Waals surface area contributed by atoms with Crippen molar-refractivity contribution < 1.29 is 4.98 Å². The van der Waals surface area contributed by atoms with Crippen LogP contribution in [0.25, 0.3) is 0 Å². The van der Waals surface area contributed by atoms with Gasteiger partial charge in [-0.05, 0) is 19.4 Å². The van der Waals surface area contributed by atoms with Crippen molar-refractivity contribution in [3.63, 3.8) is 0 Å². The molecule has 1 N–H and O–H groups in total. The Hall–Kier alpha value is -0.850. The normalized spacial score (nSPS) is 9.67. The molecular formula is C8H12N+. The van der Waals surface area contributed by atoms with Crippen molar-refractivity contribution in [2.75, 3.05) is 0 Å². The molecule has 1 aromatic heterocycles. The van der Waals surface area contributed by atoms with E-state index in [0.717, 1.165) is 0 Å². The van der Waals surface area contributed by atoms with Gasteiger partial charge in [-0.3, -0.25) is 0 Å². The number of aryl methyl sites for hydroxylation is 3. The van der Waals surface area contributed by atoms with Crippen molar-refractivity contribution in [2.45, 2.75) is 20.8 Å². The van der Waals surface area contributed by atoms with E-state index in [1.54, 1.807) is 0 Å². The number of hydrogen-bond donors (Lipinski definition) is 0. The van der Waals surface area contributed by atoms with Crippen molar-refractivity contribution >= 4 is 0 Å². The van der Waals surface area contributed by atoms with Gasteiger partial charge in [0.2, 0.25) is 0 Å². The van der Waals surface area contributed by atoms with Crippen LogP contribution >= 0.6 is 0 Å². The fourth-order valence-corrected chi connectivity index (χ4v) is 0.816. The molecule has 0 saturated carbocycles. The molecule has 0 spiro atoms. The van der Waals surface area contributed by atoms with Gasteiger partial charge in [-0.15, -0.1) is 0 Å². The highest BCUT2D eigenvalue weighted by Crippen LogP contribution is 2.01. The third-order valence-electron chi connectivity index (χ3n) is 1.57. The smallest absolute Gasteiger partial charge is 0.176 e. The van der Waals surface area contributed by atoms with Crippen molar-refractivity contribution in [1.82, 2.24) is 0 Å². The quantitative estimate of drug-likeness (QED) is 0.494. The first-order valence-electron chi connectivity index (χ1n) is 3.15. The van der Waals surface area contributed by atoms with Crippen LogP contribution in [0.15, 0.2) is 12.3 Å². The molecular weight excluding hydrogens is 110 g/mol. The molecule has 48 valence electrons. The van der Waals surface area contributed by atoms with Crippen LogP contribution in [0, 0.1) is 20.8 Å². The molecule has 1 nitrogen and oxygen atoms in total. The Morgan fingerprint density at radius 2 is 1.78 bits per heavy atom. The Morgan fingerprint density at radius 1 is 1.11 bits per heavy atom. The molecule has 0 atom stereocenters. The lowest BCUT2D eigenvalue weighted by molar-refractivity contribution is -0.388. The maximum absolute atomic E-state index is 3.14. The summed E-state index contributed by atoms with van der Waals surface area (Å²) in [7, 11) is 0. The van der Waals surface area contributed by atoms with E-state index in [1.807, 2.05) is 6.20 Å². The zero-order valence-electron chi connectivity index (χ0n) is 6.15. The molecule has 0 unspecified atom stereocenters. The van der Waals surface area contributed by atoms with Gasteiger partial charge < -0.3 is 0 Å². The number of aromatic amines is 1. The van der Waals surface area contributed by atoms with E-state index in [2.05, 4.69) is 31.8 Å². The van der Waals surface area contributed by atoms with E-state index in [-0.39, 0.29) is 0 Å². The van der Waals surface area contributed by atoms with Crippen LogP contribution in [-0.2, 0) is 0 Å². The maximum Gasteiger partial charge on any atom is 0.176 e. The SMILES string of the molecule is Cc1cc(C)c(C)c[nH+]1. The number of nitrogens with one attached hydrogen (secondary N) is 1. The molecule has 1 aromatic rings. The predicted octanol–water partition coefficient (Wildman–Crippen LogP) is 1.43. The zero-order valence-corrected chi connectivity index (χ0v) is 6.15. The highest BCUT2D eigenvalue weighted by atomic mass is 14.7. The molecule has 0 radical (unpaired) electrons. The van der Waals surface area contributed by atoms with E-state index in [0.29, 0.717) is 0 Å². The summed E-state index contributed by atoms with van der Waals surface area (Å²) in [6, 6.07) is 2.15. The maximum atomic E-state index is 3.14. The first kappa shape index (κ1) is 6.27. The van der Waals surface area contributed by atoms with Crippen LogP contribution in [0.1, 0.15) is 16.8 Å². The van der Waals surface area contributed by atoms with Crippen molar-refractivity contribution in [2.24, 2.45) is 0 Å². The van der Waals surface area contributed by atoms with Gasteiger partial charge in [0.1, 0.15) is 0 Å². The van der Waals surface area contributed by atoms with Gasteiger partial charge in [0.25, 0.3) is 0 Å². The average molecular weight is 122 g/mol. The number of rotatable bonds is 0. The molecule has 0 aliphatic carbocycles. The molecule has 9 heavy (non-hydrogen) atoms. The van der Waals surface area contributed by atoms with Crippen LogP contribution in [0.2, 0.25) is 0 Å². The molecule has 0 saturated heterocycles. The molecule has 1 heteroatoms. The Balaban J connectivity index is 3.17. The van der Waals surface area contributed by atoms with Gasteiger partial charge >= 0.3 is 0 Å². The van der Waals surface area contributed by atoms with Crippen LogP contribution in [0.3, 0.4) is 0 Å². The summed E-state index contributed by atoms with van der Waals surface area (Å²) in [6.45, 7) is 6.29. The standard InChI is InChI=1S/C8H11N/c1-6-4-8(3)9-5-7(6)2/h4-5H,1-3H3/p+1. The van der Waals surface area contributed by atoms with Gasteiger partial charge in [0.15, 0.2) is 11.9 Å². The van der Waals surface area contributed by atoms with E-state index >= 15 is 0 Å². The molecule has 0 amide bonds. The lowest BCUT2D eigenvalue weighted by Crippen LogP contribution is -2.07. The molecule has 0 fully saturated rings. The summed E-state index contributed by atoms with van der Waals surface area (Å²) in [5.74, 6) is 0. The fourth-order valence-electron chi connectivity index (χ4n) is 0.816. The fraction of sp³-hybridized carbons (Fsp3) is 0.375. The van der Waals surface area contributed by atoms with Crippen molar-refractivity contribution in [1.29, 1.82) is 0 Å². The molecule has 0 aliphatic heterocycles. The summed E-state index contributed by atoms with van der Waals surface area (Å²) < 4.78 is 0. The zero-order chi connectivity index (χ0) is 6.85. The summed E-state index contributed by atoms with van der Waals surface area (Å²) in [6.07, 6.45) is 2.03. The molecule has 1 rings (SSSR count). The third-order valence-corrected chi connectivity index (χ3v) is 1.57. The van der Waals surface area contributed by atoms with Crippen molar-refractivity contribution in [3.05, 3.63) is 29.1 Å². The molecule has 0 bridgehead atoms. The second kappa shape index (κ2) is 2.18. The first-order chi connectivity index (χ1) is 4.20. The lowest BCUT2D eigenvalue weighted by Gasteiger charge is -1.92. The largest absolute Gasteiger partial charge is 0.215 e. The summed E-state index contributed by atoms with van der Waals surface area (Å²) >= 11 is 0. The highest BCUT2D eigenvalue weighted by Gasteiger charge is 1.96. The second-order valence-corrected chi connectivity index (χ2v) is 2.48. The Morgan fingerprint density at radius 3 is 2.22 bits per heavy atom. The summed E-state index contributed by atoms with van der Waals surface area (Å²) in [5, 5.41) is 0. The van der Waals surface area contributed by atoms with E-state index < -0.39 is 0 Å². The van der Waals surface area contributed by atoms with E-state index in [4.69, 9.17) is 0 Å². The third kappa shape index (κ3) is 1.28. The number of H-pyrrole nitrogens is 1. The lowest BCUT2D eigenvalue weighted by atomic mass is 10.2. The monoisotopic (exact) mass is 122 g/mol. The minimum Gasteiger partial charge on any atom is -0.215 e. The van der Waals surface area contributed by atoms with Crippen LogP contribution in [0.4, 0.5) is 0 Å². The van der Waals surface area contributed by atoms with Gasteiger partial charge in [-0.1, -0.05) is 0 Å². The van der Waals surface area contributed by atoms with Gasteiger partial charge in [-0.2, -0.15) is 0 Å². The van der Waals surface area contributed by atoms with Crippen LogP contribution < -0.4 is 4.98 Å². The van der Waals surface area contributed by atoms with Crippen LogP contribution in [0.5, 0.6) is 0 Å². The Bertz CT molecular complexity index is 216. The minimum absolute atomic E-state index is 1.22. The minimum atomic E-state index is 1.22. The van der Waals surface area contributed by atoms with Gasteiger partial charge in [-0.25, -0.2) is 4.98 Å². The highest BCUT2D eigenvalue weighted by molar-refractivity contribution is 5.19. The van der Waals surface area contributed by atoms with Gasteiger partial charge in [0, 0.05) is 18.6 Å². The van der Waals surface area contributed by atoms with Crippen LogP contribution in [-0.4, -0.2) is 0 Å². The summed E-state index contributed by atoms with van der Waals surface area (Å²) in [4.78, 5) is 3.14. The molecule has 0 aromatic carbocycles. The number of hydrogen-bond acceptors (Lipinski definition) is 0. The van der Waals surface area contributed by atoms with Crippen molar-refractivity contribution in [3.8, 4) is 0 Å². The topological polar surface area (TPSA) is 14.1 Å². The predicted molar refractivity (Wildman–Crippen MR) is 37.2 cm³/mol. The average Bonchev–Trinajstić information content (AvgIpc) is 1.80.